The lowest BCUT2D eigenvalue weighted by Gasteiger charge is -1.94. The average molecular weight is 196 g/mol. The maximum Gasteiger partial charge on any atom is 0.371 e. The van der Waals surface area contributed by atoms with Crippen molar-refractivity contribution < 1.29 is 19.1 Å². The van der Waals surface area contributed by atoms with Gasteiger partial charge >= 0.3 is 5.97 Å². The molecule has 0 radical (unpaired) electrons. The minimum atomic E-state index is -1.09. The van der Waals surface area contributed by atoms with Gasteiger partial charge in [-0.05, 0) is 12.1 Å². The first-order valence-corrected chi connectivity index (χ1v) is 4.47. The van der Waals surface area contributed by atoms with Crippen molar-refractivity contribution in [2.75, 3.05) is 0 Å². The molecule has 1 N–H and O–H groups in total. The van der Waals surface area contributed by atoms with Crippen LogP contribution in [0.3, 0.4) is 0 Å². The van der Waals surface area contributed by atoms with Crippen LogP contribution in [0.1, 0.15) is 36.1 Å². The number of carboxylic acids is 1. The Morgan fingerprint density at radius 2 is 2.14 bits per heavy atom. The summed E-state index contributed by atoms with van der Waals surface area (Å²) in [6, 6.07) is 2.99. The molecule has 0 spiro atoms. The highest BCUT2D eigenvalue weighted by Gasteiger charge is 2.09. The number of aromatic carboxylic acids is 1. The Balaban J connectivity index is 2.52. The molecule has 76 valence electrons. The molecule has 1 aromatic heterocycles. The van der Waals surface area contributed by atoms with E-state index in [9.17, 15) is 9.59 Å². The van der Waals surface area contributed by atoms with Crippen LogP contribution in [-0.2, 0) is 11.2 Å². The molecule has 0 aliphatic carbocycles. The van der Waals surface area contributed by atoms with Gasteiger partial charge in [0.05, 0.1) is 0 Å². The molecular formula is C10H12O4. The maximum atomic E-state index is 11.0. The number of ketones is 1. The van der Waals surface area contributed by atoms with Gasteiger partial charge in [-0.2, -0.15) is 0 Å². The summed E-state index contributed by atoms with van der Waals surface area (Å²) in [7, 11) is 0. The molecule has 1 heterocycles. The van der Waals surface area contributed by atoms with E-state index in [-0.39, 0.29) is 11.5 Å². The van der Waals surface area contributed by atoms with Gasteiger partial charge in [0.1, 0.15) is 11.5 Å². The van der Waals surface area contributed by atoms with Crippen LogP contribution in [0.4, 0.5) is 0 Å². The van der Waals surface area contributed by atoms with Crippen LogP contribution >= 0.6 is 0 Å². The number of carbonyl (C=O) groups excluding carboxylic acids is 1. The minimum Gasteiger partial charge on any atom is -0.475 e. The smallest absolute Gasteiger partial charge is 0.371 e. The van der Waals surface area contributed by atoms with Crippen LogP contribution in [0.5, 0.6) is 0 Å². The van der Waals surface area contributed by atoms with Crippen molar-refractivity contribution in [1.82, 2.24) is 0 Å². The monoisotopic (exact) mass is 196 g/mol. The van der Waals surface area contributed by atoms with Gasteiger partial charge in [0.15, 0.2) is 0 Å². The van der Waals surface area contributed by atoms with E-state index in [0.29, 0.717) is 25.0 Å². The Bertz CT molecular complexity index is 338. The van der Waals surface area contributed by atoms with Gasteiger partial charge in [0.25, 0.3) is 0 Å². The van der Waals surface area contributed by atoms with Crippen molar-refractivity contribution >= 4 is 11.8 Å². The molecule has 0 saturated carbocycles. The molecule has 4 nitrogen and oxygen atoms in total. The Kier molecular flexibility index (Phi) is 3.45. The number of rotatable bonds is 5. The zero-order valence-corrected chi connectivity index (χ0v) is 7.95. The van der Waals surface area contributed by atoms with Crippen LogP contribution in [0.25, 0.3) is 0 Å². The lowest BCUT2D eigenvalue weighted by molar-refractivity contribution is -0.118. The first-order chi connectivity index (χ1) is 6.63. The first kappa shape index (κ1) is 10.5. The predicted molar refractivity (Wildman–Crippen MR) is 49.3 cm³/mol. The molecule has 14 heavy (non-hydrogen) atoms. The van der Waals surface area contributed by atoms with Crippen LogP contribution in [0.15, 0.2) is 16.5 Å². The lowest BCUT2D eigenvalue weighted by atomic mass is 10.1. The second kappa shape index (κ2) is 4.60. The van der Waals surface area contributed by atoms with Crippen LogP contribution in [0, 0.1) is 0 Å². The van der Waals surface area contributed by atoms with Gasteiger partial charge in [-0.25, -0.2) is 4.79 Å². The number of furan rings is 1. The fraction of sp³-hybridized carbons (Fsp3) is 0.400. The summed E-state index contributed by atoms with van der Waals surface area (Å²) in [6.45, 7) is 1.80. The van der Waals surface area contributed by atoms with Crippen molar-refractivity contribution in [1.29, 1.82) is 0 Å². The van der Waals surface area contributed by atoms with Crippen LogP contribution in [0.2, 0.25) is 0 Å². The van der Waals surface area contributed by atoms with Crippen LogP contribution < -0.4 is 0 Å². The van der Waals surface area contributed by atoms with Crippen molar-refractivity contribution in [2.24, 2.45) is 0 Å². The minimum absolute atomic E-state index is 0.0797. The van der Waals surface area contributed by atoms with Crippen molar-refractivity contribution in [3.8, 4) is 0 Å². The van der Waals surface area contributed by atoms with E-state index in [1.807, 2.05) is 0 Å². The fourth-order valence-electron chi connectivity index (χ4n) is 1.07. The molecule has 0 amide bonds. The number of hydrogen-bond donors (Lipinski definition) is 1. The third-order valence-corrected chi connectivity index (χ3v) is 1.92. The predicted octanol–water partition coefficient (Wildman–Crippen LogP) is 1.89. The normalized spacial score (nSPS) is 10.1. The van der Waals surface area contributed by atoms with E-state index in [2.05, 4.69) is 0 Å². The molecule has 0 bridgehead atoms. The van der Waals surface area contributed by atoms with Crippen molar-refractivity contribution in [2.45, 2.75) is 26.2 Å². The van der Waals surface area contributed by atoms with E-state index < -0.39 is 5.97 Å². The Labute approximate surface area is 81.5 Å². The average Bonchev–Trinajstić information content (AvgIpc) is 2.62. The zero-order valence-electron chi connectivity index (χ0n) is 7.95. The Morgan fingerprint density at radius 1 is 1.43 bits per heavy atom. The van der Waals surface area contributed by atoms with Gasteiger partial charge in [-0.1, -0.05) is 6.92 Å². The maximum absolute atomic E-state index is 11.0. The highest BCUT2D eigenvalue weighted by molar-refractivity contribution is 5.84. The summed E-state index contributed by atoms with van der Waals surface area (Å²) in [4.78, 5) is 21.4. The number of Topliss-reactive ketones (excluding diaryl/α,β-unsaturated/α-hetero) is 1. The molecule has 0 atom stereocenters. The summed E-state index contributed by atoms with van der Waals surface area (Å²) >= 11 is 0. The molecule has 4 heteroatoms. The largest absolute Gasteiger partial charge is 0.475 e. The molecule has 0 unspecified atom stereocenters. The molecule has 0 aliphatic rings. The molecule has 0 saturated heterocycles. The van der Waals surface area contributed by atoms with E-state index in [0.717, 1.165) is 0 Å². The second-order valence-electron chi connectivity index (χ2n) is 2.96. The van der Waals surface area contributed by atoms with Crippen LogP contribution in [-0.4, -0.2) is 16.9 Å². The summed E-state index contributed by atoms with van der Waals surface area (Å²) < 4.78 is 4.99. The highest BCUT2D eigenvalue weighted by atomic mass is 16.4. The Hall–Kier alpha value is -1.58. The third kappa shape index (κ3) is 2.73. The number of carboxylic acid groups (broad SMARTS) is 1. The van der Waals surface area contributed by atoms with Gasteiger partial charge in [0.2, 0.25) is 5.76 Å². The molecular weight excluding hydrogens is 184 g/mol. The van der Waals surface area contributed by atoms with E-state index >= 15 is 0 Å². The Morgan fingerprint density at radius 3 is 2.64 bits per heavy atom. The van der Waals surface area contributed by atoms with E-state index in [4.69, 9.17) is 9.52 Å². The summed E-state index contributed by atoms with van der Waals surface area (Å²) in [5, 5.41) is 8.56. The number of carbonyl (C=O) groups is 2. The standard InChI is InChI=1S/C10H12O4/c1-2-7(11)3-4-8-5-6-9(14-8)10(12)13/h5-6H,2-4H2,1H3,(H,12,13). The van der Waals surface area contributed by atoms with E-state index in [1.165, 1.54) is 6.07 Å². The summed E-state index contributed by atoms with van der Waals surface area (Å²) in [5.41, 5.74) is 0. The number of hydrogen-bond acceptors (Lipinski definition) is 3. The van der Waals surface area contributed by atoms with E-state index in [1.54, 1.807) is 13.0 Å². The van der Waals surface area contributed by atoms with Gasteiger partial charge in [0, 0.05) is 19.3 Å². The third-order valence-electron chi connectivity index (χ3n) is 1.92. The van der Waals surface area contributed by atoms with Gasteiger partial charge in [-0.15, -0.1) is 0 Å². The lowest BCUT2D eigenvalue weighted by Crippen LogP contribution is -1.97. The topological polar surface area (TPSA) is 67.5 Å². The van der Waals surface area contributed by atoms with Crippen molar-refractivity contribution in [3.05, 3.63) is 23.7 Å². The zero-order chi connectivity index (χ0) is 10.6. The molecule has 0 fully saturated rings. The van der Waals surface area contributed by atoms with Gasteiger partial charge < -0.3 is 9.52 Å². The summed E-state index contributed by atoms with van der Waals surface area (Å²) in [5.74, 6) is -0.468. The number of aryl methyl sites for hydroxylation is 1. The fourth-order valence-corrected chi connectivity index (χ4v) is 1.07. The quantitative estimate of drug-likeness (QED) is 0.780. The molecule has 1 rings (SSSR count). The second-order valence-corrected chi connectivity index (χ2v) is 2.96. The first-order valence-electron chi connectivity index (χ1n) is 4.47. The molecule has 0 aliphatic heterocycles. The summed E-state index contributed by atoms with van der Waals surface area (Å²) in [6.07, 6.45) is 1.38. The SMILES string of the molecule is CCC(=O)CCc1ccc(C(=O)O)o1. The molecule has 0 aromatic carbocycles. The van der Waals surface area contributed by atoms with Gasteiger partial charge in [-0.3, -0.25) is 4.79 Å². The highest BCUT2D eigenvalue weighted by Crippen LogP contribution is 2.10. The molecule has 1 aromatic rings. The van der Waals surface area contributed by atoms with Crippen molar-refractivity contribution in [3.63, 3.8) is 0 Å².